The van der Waals surface area contributed by atoms with Crippen LogP contribution in [0.1, 0.15) is 20.9 Å². The molecule has 8 nitrogen and oxygen atoms in total. The lowest BCUT2D eigenvalue weighted by atomic mass is 10.0. The van der Waals surface area contributed by atoms with E-state index in [9.17, 15) is 14.4 Å². The quantitative estimate of drug-likeness (QED) is 0.308. The molecule has 0 atom stereocenters. The van der Waals surface area contributed by atoms with Crippen molar-refractivity contribution in [3.05, 3.63) is 113 Å². The van der Waals surface area contributed by atoms with Crippen molar-refractivity contribution in [2.24, 2.45) is 0 Å². The lowest BCUT2D eigenvalue weighted by Crippen LogP contribution is -2.14. The Morgan fingerprint density at radius 1 is 0.833 bits per heavy atom. The van der Waals surface area contributed by atoms with Gasteiger partial charge in [-0.05, 0) is 60.2 Å². The van der Waals surface area contributed by atoms with Gasteiger partial charge in [-0.3, -0.25) is 9.59 Å². The molecule has 3 aromatic carbocycles. The Hall–Kier alpha value is -5.11. The van der Waals surface area contributed by atoms with Gasteiger partial charge in [0.1, 0.15) is 11.3 Å². The first kappa shape index (κ1) is 22.7. The normalized spacial score (nSPS) is 10.7. The molecule has 0 unspecified atom stereocenters. The molecule has 2 aromatic heterocycles. The van der Waals surface area contributed by atoms with Gasteiger partial charge in [-0.15, -0.1) is 0 Å². The number of carbonyl (C=O) groups is 2. The third-order valence-corrected chi connectivity index (χ3v) is 5.55. The van der Waals surface area contributed by atoms with Crippen molar-refractivity contribution in [1.29, 1.82) is 0 Å². The molecule has 5 rings (SSSR count). The fourth-order valence-electron chi connectivity index (χ4n) is 3.74. The summed E-state index contributed by atoms with van der Waals surface area (Å²) in [5, 5.41) is 6.32. The second-order valence-electron chi connectivity index (χ2n) is 7.86. The van der Waals surface area contributed by atoms with Gasteiger partial charge in [0.15, 0.2) is 5.76 Å². The Kier molecular flexibility index (Phi) is 6.07. The standard InChI is InChI=1S/C28H20N2O6/c1-34-24-13-12-20(29-27(32)25-7-4-14-35-25)16-22(24)30-26(31)18-10-8-17(9-11-18)21-15-19-5-2-3-6-23(19)36-28(21)33/h2-16H,1H3,(H,29,32)(H,30,31). The molecule has 2 amide bonds. The molecule has 2 N–H and O–H groups in total. The van der Waals surface area contributed by atoms with Crippen LogP contribution < -0.4 is 21.0 Å². The minimum atomic E-state index is -0.455. The lowest BCUT2D eigenvalue weighted by Gasteiger charge is -2.13. The van der Waals surface area contributed by atoms with E-state index >= 15 is 0 Å². The van der Waals surface area contributed by atoms with Gasteiger partial charge in [0.05, 0.1) is 24.6 Å². The summed E-state index contributed by atoms with van der Waals surface area (Å²) in [5.74, 6) is -0.224. The molecule has 0 bridgehead atoms. The first-order valence-corrected chi connectivity index (χ1v) is 11.0. The number of fused-ring (bicyclic) bond motifs is 1. The number of nitrogens with one attached hydrogen (secondary N) is 2. The molecule has 0 saturated carbocycles. The van der Waals surface area contributed by atoms with E-state index in [-0.39, 0.29) is 11.7 Å². The van der Waals surface area contributed by atoms with Crippen molar-refractivity contribution in [2.45, 2.75) is 0 Å². The van der Waals surface area contributed by atoms with Crippen molar-refractivity contribution >= 4 is 34.2 Å². The number of methoxy groups -OCH3 is 1. The van der Waals surface area contributed by atoms with Crippen LogP contribution in [-0.4, -0.2) is 18.9 Å². The largest absolute Gasteiger partial charge is 0.495 e. The summed E-state index contributed by atoms with van der Waals surface area (Å²) >= 11 is 0. The van der Waals surface area contributed by atoms with Crippen LogP contribution in [0.15, 0.2) is 105 Å². The van der Waals surface area contributed by atoms with Crippen molar-refractivity contribution in [3.8, 4) is 16.9 Å². The average Bonchev–Trinajstić information content (AvgIpc) is 3.44. The Morgan fingerprint density at radius 2 is 1.64 bits per heavy atom. The molecule has 0 saturated heterocycles. The summed E-state index contributed by atoms with van der Waals surface area (Å²) in [7, 11) is 1.48. The van der Waals surface area contributed by atoms with Crippen LogP contribution >= 0.6 is 0 Å². The second-order valence-corrected chi connectivity index (χ2v) is 7.86. The highest BCUT2D eigenvalue weighted by molar-refractivity contribution is 6.06. The van der Waals surface area contributed by atoms with Gasteiger partial charge in [-0.25, -0.2) is 4.79 Å². The molecule has 0 radical (unpaired) electrons. The van der Waals surface area contributed by atoms with E-state index in [1.165, 1.54) is 13.4 Å². The molecule has 0 aliphatic rings. The molecular formula is C28H20N2O6. The van der Waals surface area contributed by atoms with E-state index in [0.29, 0.717) is 39.4 Å². The maximum Gasteiger partial charge on any atom is 0.344 e. The van der Waals surface area contributed by atoms with Crippen LogP contribution in [0, 0.1) is 0 Å². The summed E-state index contributed by atoms with van der Waals surface area (Å²) in [5.41, 5.74) is 2.29. The van der Waals surface area contributed by atoms with E-state index in [1.54, 1.807) is 72.8 Å². The zero-order valence-corrected chi connectivity index (χ0v) is 19.1. The van der Waals surface area contributed by atoms with E-state index in [1.807, 2.05) is 12.1 Å². The second kappa shape index (κ2) is 9.63. The molecule has 8 heteroatoms. The molecule has 2 heterocycles. The number of anilines is 2. The van der Waals surface area contributed by atoms with Gasteiger partial charge in [-0.1, -0.05) is 30.3 Å². The monoisotopic (exact) mass is 480 g/mol. The van der Waals surface area contributed by atoms with Crippen LogP contribution in [0.4, 0.5) is 11.4 Å². The van der Waals surface area contributed by atoms with E-state index in [2.05, 4.69) is 10.6 Å². The minimum Gasteiger partial charge on any atom is -0.495 e. The summed E-state index contributed by atoms with van der Waals surface area (Å²) in [4.78, 5) is 37.7. The molecule has 0 aliphatic carbocycles. The first-order valence-electron chi connectivity index (χ1n) is 11.0. The first-order chi connectivity index (χ1) is 17.5. The molecule has 5 aromatic rings. The fraction of sp³-hybridized carbons (Fsp3) is 0.0357. The number of ether oxygens (including phenoxy) is 1. The zero-order valence-electron chi connectivity index (χ0n) is 19.1. The Bertz CT molecular complexity index is 1620. The van der Waals surface area contributed by atoms with Crippen molar-refractivity contribution < 1.29 is 23.2 Å². The topological polar surface area (TPSA) is 111 Å². The predicted molar refractivity (Wildman–Crippen MR) is 136 cm³/mol. The van der Waals surface area contributed by atoms with E-state index < -0.39 is 11.5 Å². The van der Waals surface area contributed by atoms with E-state index in [4.69, 9.17) is 13.6 Å². The van der Waals surface area contributed by atoms with Crippen molar-refractivity contribution in [3.63, 3.8) is 0 Å². The lowest BCUT2D eigenvalue weighted by molar-refractivity contribution is 0.0995. The smallest absolute Gasteiger partial charge is 0.344 e. The highest BCUT2D eigenvalue weighted by Gasteiger charge is 2.14. The van der Waals surface area contributed by atoms with Crippen LogP contribution in [0.3, 0.4) is 0 Å². The van der Waals surface area contributed by atoms with Gasteiger partial charge in [0.2, 0.25) is 0 Å². The average molecular weight is 480 g/mol. The Balaban J connectivity index is 1.36. The maximum atomic E-state index is 12.9. The van der Waals surface area contributed by atoms with Gasteiger partial charge in [0, 0.05) is 16.6 Å². The number of amides is 2. The number of para-hydroxylation sites is 1. The fourth-order valence-corrected chi connectivity index (χ4v) is 3.74. The molecule has 0 aliphatic heterocycles. The number of hydrogen-bond acceptors (Lipinski definition) is 6. The van der Waals surface area contributed by atoms with Crippen LogP contribution in [0.2, 0.25) is 0 Å². The Morgan fingerprint density at radius 3 is 2.39 bits per heavy atom. The SMILES string of the molecule is COc1ccc(NC(=O)c2ccco2)cc1NC(=O)c1ccc(-c2cc3ccccc3oc2=O)cc1. The third-order valence-electron chi connectivity index (χ3n) is 5.55. The number of benzene rings is 3. The molecule has 178 valence electrons. The molecule has 0 spiro atoms. The third kappa shape index (κ3) is 4.60. The predicted octanol–water partition coefficient (Wildman–Crippen LogP) is 5.57. The van der Waals surface area contributed by atoms with Crippen molar-refractivity contribution in [2.75, 3.05) is 17.7 Å². The summed E-state index contributed by atoms with van der Waals surface area (Å²) in [6.45, 7) is 0. The maximum absolute atomic E-state index is 12.9. The number of rotatable bonds is 6. The minimum absolute atomic E-state index is 0.164. The van der Waals surface area contributed by atoms with Gasteiger partial charge in [0.25, 0.3) is 11.8 Å². The molecule has 36 heavy (non-hydrogen) atoms. The number of furan rings is 1. The van der Waals surface area contributed by atoms with E-state index in [0.717, 1.165) is 5.39 Å². The van der Waals surface area contributed by atoms with Gasteiger partial charge in [-0.2, -0.15) is 0 Å². The molecule has 0 fully saturated rings. The molecular weight excluding hydrogens is 460 g/mol. The van der Waals surface area contributed by atoms with Gasteiger partial charge < -0.3 is 24.2 Å². The summed E-state index contributed by atoms with van der Waals surface area (Å²) in [6, 6.07) is 23.7. The highest BCUT2D eigenvalue weighted by atomic mass is 16.5. The van der Waals surface area contributed by atoms with Crippen LogP contribution in [-0.2, 0) is 0 Å². The van der Waals surface area contributed by atoms with Crippen LogP contribution in [0.25, 0.3) is 22.1 Å². The highest BCUT2D eigenvalue weighted by Crippen LogP contribution is 2.29. The van der Waals surface area contributed by atoms with Crippen LogP contribution in [0.5, 0.6) is 5.75 Å². The van der Waals surface area contributed by atoms with Crippen molar-refractivity contribution in [1.82, 2.24) is 0 Å². The van der Waals surface area contributed by atoms with Gasteiger partial charge >= 0.3 is 5.63 Å². The number of hydrogen-bond donors (Lipinski definition) is 2. The Labute approximate surface area is 205 Å². The zero-order chi connectivity index (χ0) is 25.1. The summed E-state index contributed by atoms with van der Waals surface area (Å²) in [6.07, 6.45) is 1.41. The summed E-state index contributed by atoms with van der Waals surface area (Å²) < 4.78 is 15.9. The number of carbonyl (C=O) groups excluding carboxylic acids is 2.